The first-order valence-electron chi connectivity index (χ1n) is 8.11. The van der Waals surface area contributed by atoms with E-state index >= 15 is 0 Å². The molecule has 0 spiro atoms. The van der Waals surface area contributed by atoms with Crippen LogP contribution in [0.15, 0.2) is 48.8 Å². The Balaban J connectivity index is 1.66. The van der Waals surface area contributed by atoms with Gasteiger partial charge in [0.15, 0.2) is 0 Å². The molecule has 0 aliphatic carbocycles. The Morgan fingerprint density at radius 2 is 2.13 bits per heavy atom. The lowest BCUT2D eigenvalue weighted by molar-refractivity contribution is -0.138. The van der Waals surface area contributed by atoms with Gasteiger partial charge in [-0.15, -0.1) is 0 Å². The van der Waals surface area contributed by atoms with Crippen LogP contribution < -0.4 is 0 Å². The lowest BCUT2D eigenvalue weighted by atomic mass is 9.91. The molecule has 1 amide bonds. The molecule has 2 aromatic rings. The summed E-state index contributed by atoms with van der Waals surface area (Å²) in [7, 11) is 0. The molecule has 5 heteroatoms. The van der Waals surface area contributed by atoms with Gasteiger partial charge in [-0.05, 0) is 31.4 Å². The number of carbonyl (C=O) groups is 1. The minimum atomic E-state index is -1.14. The van der Waals surface area contributed by atoms with Crippen molar-refractivity contribution < 1.29 is 9.90 Å². The van der Waals surface area contributed by atoms with Crippen molar-refractivity contribution in [2.75, 3.05) is 13.1 Å². The third kappa shape index (κ3) is 3.62. The molecule has 2 heterocycles. The number of likely N-dealkylation sites (tertiary alicyclic amines) is 1. The van der Waals surface area contributed by atoms with Crippen LogP contribution in [0.1, 0.15) is 37.8 Å². The maximum Gasteiger partial charge on any atom is 0.225 e. The maximum atomic E-state index is 12.6. The monoisotopic (exact) mass is 313 g/mol. The first kappa shape index (κ1) is 15.7. The molecule has 1 aromatic carbocycles. The third-order valence-corrected chi connectivity index (χ3v) is 4.54. The number of aliphatic hydroxyl groups is 1. The molecule has 2 atom stereocenters. The second kappa shape index (κ2) is 6.54. The second-order valence-electron chi connectivity index (χ2n) is 6.44. The van der Waals surface area contributed by atoms with Gasteiger partial charge >= 0.3 is 0 Å². The molecule has 1 saturated heterocycles. The summed E-state index contributed by atoms with van der Waals surface area (Å²) in [6.07, 6.45) is 5.80. The van der Waals surface area contributed by atoms with Crippen LogP contribution in [0.2, 0.25) is 0 Å². The summed E-state index contributed by atoms with van der Waals surface area (Å²) in [5.74, 6) is -0.00397. The van der Waals surface area contributed by atoms with Gasteiger partial charge < -0.3 is 10.0 Å². The first-order valence-corrected chi connectivity index (χ1v) is 8.11. The summed E-state index contributed by atoms with van der Waals surface area (Å²) in [5, 5.41) is 15.0. The van der Waals surface area contributed by atoms with E-state index in [1.54, 1.807) is 13.1 Å². The van der Waals surface area contributed by atoms with Crippen molar-refractivity contribution in [3.8, 4) is 0 Å². The number of rotatable bonds is 4. The van der Waals surface area contributed by atoms with E-state index in [1.807, 2.05) is 52.2 Å². The Morgan fingerprint density at radius 1 is 1.35 bits per heavy atom. The number of piperidine rings is 1. The van der Waals surface area contributed by atoms with Crippen LogP contribution in [0.25, 0.3) is 0 Å². The molecule has 1 N–H and O–H groups in total. The topological polar surface area (TPSA) is 58.4 Å². The van der Waals surface area contributed by atoms with E-state index in [1.165, 1.54) is 0 Å². The summed E-state index contributed by atoms with van der Waals surface area (Å²) in [6, 6.07) is 11.5. The fourth-order valence-electron chi connectivity index (χ4n) is 3.20. The molecule has 3 rings (SSSR count). The molecule has 5 nitrogen and oxygen atoms in total. The van der Waals surface area contributed by atoms with Crippen LogP contribution in [0, 0.1) is 0 Å². The first-order chi connectivity index (χ1) is 11.1. The van der Waals surface area contributed by atoms with Crippen molar-refractivity contribution >= 4 is 5.91 Å². The minimum absolute atomic E-state index is 0.00397. The zero-order valence-corrected chi connectivity index (χ0v) is 13.4. The van der Waals surface area contributed by atoms with E-state index in [2.05, 4.69) is 5.10 Å². The minimum Gasteiger partial charge on any atom is -0.385 e. The van der Waals surface area contributed by atoms with Crippen LogP contribution in [-0.2, 0) is 10.4 Å². The van der Waals surface area contributed by atoms with Crippen molar-refractivity contribution in [2.24, 2.45) is 0 Å². The second-order valence-corrected chi connectivity index (χ2v) is 6.44. The predicted molar refractivity (Wildman–Crippen MR) is 87.7 cm³/mol. The summed E-state index contributed by atoms with van der Waals surface area (Å²) >= 11 is 0. The molecule has 0 saturated carbocycles. The molecule has 1 aliphatic heterocycles. The smallest absolute Gasteiger partial charge is 0.225 e. The Morgan fingerprint density at radius 3 is 2.83 bits per heavy atom. The van der Waals surface area contributed by atoms with Crippen molar-refractivity contribution in [2.45, 2.75) is 37.8 Å². The number of hydrogen-bond donors (Lipinski definition) is 1. The van der Waals surface area contributed by atoms with Gasteiger partial charge in [0.05, 0.1) is 18.1 Å². The number of amides is 1. The van der Waals surface area contributed by atoms with Crippen LogP contribution in [0.5, 0.6) is 0 Å². The van der Waals surface area contributed by atoms with E-state index in [0.717, 1.165) is 24.9 Å². The molecule has 0 bridgehead atoms. The highest BCUT2D eigenvalue weighted by Crippen LogP contribution is 2.27. The molecule has 0 radical (unpaired) electrons. The van der Waals surface area contributed by atoms with Gasteiger partial charge in [0, 0.05) is 25.5 Å². The molecule has 2 unspecified atom stereocenters. The van der Waals surface area contributed by atoms with Crippen molar-refractivity contribution in [1.29, 1.82) is 0 Å². The number of nitrogens with zero attached hydrogens (tertiary/aromatic N) is 3. The largest absolute Gasteiger partial charge is 0.385 e. The van der Waals surface area contributed by atoms with Crippen molar-refractivity contribution in [3.63, 3.8) is 0 Å². The summed E-state index contributed by atoms with van der Waals surface area (Å²) in [6.45, 7) is 3.11. The number of carbonyl (C=O) groups excluding carboxylic acids is 1. The number of hydrogen-bond acceptors (Lipinski definition) is 3. The van der Waals surface area contributed by atoms with Crippen LogP contribution in [0.3, 0.4) is 0 Å². The van der Waals surface area contributed by atoms with E-state index in [0.29, 0.717) is 6.54 Å². The van der Waals surface area contributed by atoms with Crippen LogP contribution in [-0.4, -0.2) is 38.8 Å². The molecule has 1 aromatic heterocycles. The fraction of sp³-hybridized carbons (Fsp3) is 0.444. The standard InChI is InChI=1S/C18H23N3O2/c1-18(23,15-7-3-2-4-8-15)13-17(22)20-11-5-9-16(14-20)21-12-6-10-19-21/h2-4,6-8,10,12,16,23H,5,9,11,13-14H2,1H3. The summed E-state index contributed by atoms with van der Waals surface area (Å²) < 4.78 is 1.93. The lowest BCUT2D eigenvalue weighted by Crippen LogP contribution is -2.43. The highest BCUT2D eigenvalue weighted by Gasteiger charge is 2.31. The summed E-state index contributed by atoms with van der Waals surface area (Å²) in [4.78, 5) is 14.5. The van der Waals surface area contributed by atoms with Crippen molar-refractivity contribution in [3.05, 3.63) is 54.4 Å². The van der Waals surface area contributed by atoms with Crippen LogP contribution in [0.4, 0.5) is 0 Å². The predicted octanol–water partition coefficient (Wildman–Crippen LogP) is 2.34. The van der Waals surface area contributed by atoms with E-state index in [-0.39, 0.29) is 18.4 Å². The maximum absolute atomic E-state index is 12.6. The fourth-order valence-corrected chi connectivity index (χ4v) is 3.20. The Kier molecular flexibility index (Phi) is 4.48. The average Bonchev–Trinajstić information content (AvgIpc) is 3.10. The van der Waals surface area contributed by atoms with Gasteiger partial charge in [-0.3, -0.25) is 9.48 Å². The highest BCUT2D eigenvalue weighted by molar-refractivity contribution is 5.77. The lowest BCUT2D eigenvalue weighted by Gasteiger charge is -2.35. The van der Waals surface area contributed by atoms with E-state index in [4.69, 9.17) is 0 Å². The Labute approximate surface area is 136 Å². The molecule has 23 heavy (non-hydrogen) atoms. The third-order valence-electron chi connectivity index (χ3n) is 4.54. The van der Waals surface area contributed by atoms with Gasteiger partial charge in [0.25, 0.3) is 0 Å². The van der Waals surface area contributed by atoms with Gasteiger partial charge in [0.1, 0.15) is 0 Å². The van der Waals surface area contributed by atoms with Gasteiger partial charge in [0.2, 0.25) is 5.91 Å². The average molecular weight is 313 g/mol. The molecule has 122 valence electrons. The normalized spacial score (nSPS) is 21.0. The number of aromatic nitrogens is 2. The van der Waals surface area contributed by atoms with Gasteiger partial charge in [-0.1, -0.05) is 30.3 Å². The molecular weight excluding hydrogens is 290 g/mol. The van der Waals surface area contributed by atoms with E-state index < -0.39 is 5.60 Å². The quantitative estimate of drug-likeness (QED) is 0.942. The summed E-state index contributed by atoms with van der Waals surface area (Å²) in [5.41, 5.74) is -0.370. The molecule has 1 fully saturated rings. The Bertz CT molecular complexity index is 638. The van der Waals surface area contributed by atoms with Gasteiger partial charge in [-0.25, -0.2) is 0 Å². The molecule has 1 aliphatic rings. The molecular formula is C18H23N3O2. The van der Waals surface area contributed by atoms with Crippen LogP contribution >= 0.6 is 0 Å². The SMILES string of the molecule is CC(O)(CC(=O)N1CCCC(n2cccn2)C1)c1ccccc1. The zero-order valence-electron chi connectivity index (χ0n) is 13.4. The number of benzene rings is 1. The van der Waals surface area contributed by atoms with Crippen molar-refractivity contribution in [1.82, 2.24) is 14.7 Å². The highest BCUT2D eigenvalue weighted by atomic mass is 16.3. The van der Waals surface area contributed by atoms with E-state index in [9.17, 15) is 9.90 Å². The Hall–Kier alpha value is -2.14. The van der Waals surface area contributed by atoms with Gasteiger partial charge in [-0.2, -0.15) is 5.10 Å². The zero-order chi connectivity index (χ0) is 16.3.